The highest BCUT2D eigenvalue weighted by Crippen LogP contribution is 2.18. The second-order valence-corrected chi connectivity index (χ2v) is 5.81. The van der Waals surface area contributed by atoms with Gasteiger partial charge in [-0.15, -0.1) is 0 Å². The number of methoxy groups -OCH3 is 1. The number of nitrogens with two attached hydrogens (primary N) is 1. The van der Waals surface area contributed by atoms with Crippen molar-refractivity contribution >= 4 is 17.7 Å². The molecule has 0 radical (unpaired) electrons. The van der Waals surface area contributed by atoms with Crippen LogP contribution in [0.3, 0.4) is 0 Å². The summed E-state index contributed by atoms with van der Waals surface area (Å²) in [6, 6.07) is 0. The van der Waals surface area contributed by atoms with Crippen molar-refractivity contribution in [2.24, 2.45) is 5.73 Å². The molecule has 0 rings (SSSR count). The second-order valence-electron chi connectivity index (χ2n) is 4.33. The number of ether oxygens (including phenoxy) is 1. The summed E-state index contributed by atoms with van der Waals surface area (Å²) in [4.78, 5) is 11.3. The van der Waals surface area contributed by atoms with Crippen molar-refractivity contribution in [1.29, 1.82) is 0 Å². The van der Waals surface area contributed by atoms with E-state index in [4.69, 9.17) is 5.73 Å². The minimum atomic E-state index is -0.899. The Labute approximate surface area is 102 Å². The largest absolute Gasteiger partial charge is 0.468 e. The number of rotatable bonds is 7. The van der Waals surface area contributed by atoms with Crippen LogP contribution in [0.2, 0.25) is 0 Å². The predicted octanol–water partition coefficient (Wildman–Crippen LogP) is 1.16. The maximum absolute atomic E-state index is 11.3. The van der Waals surface area contributed by atoms with Gasteiger partial charge in [0.05, 0.1) is 13.2 Å². The lowest BCUT2D eigenvalue weighted by Crippen LogP contribution is -2.45. The summed E-state index contributed by atoms with van der Waals surface area (Å²) in [5.41, 5.74) is 4.91. The molecular weight excluding hydrogens is 226 g/mol. The van der Waals surface area contributed by atoms with Crippen molar-refractivity contribution in [2.75, 3.05) is 12.9 Å². The van der Waals surface area contributed by atoms with Crippen LogP contribution in [0.4, 0.5) is 0 Å². The van der Waals surface area contributed by atoms with E-state index in [1.165, 1.54) is 7.11 Å². The number of esters is 1. The van der Waals surface area contributed by atoms with E-state index in [0.717, 1.165) is 12.2 Å². The van der Waals surface area contributed by atoms with Crippen LogP contribution in [0, 0.1) is 0 Å². The van der Waals surface area contributed by atoms with Gasteiger partial charge < -0.3 is 15.6 Å². The number of aliphatic hydroxyl groups is 1. The van der Waals surface area contributed by atoms with Crippen LogP contribution in [-0.2, 0) is 9.53 Å². The summed E-state index contributed by atoms with van der Waals surface area (Å²) in [7, 11) is 1.34. The molecule has 0 spiro atoms. The summed E-state index contributed by atoms with van der Waals surface area (Å²) >= 11 is 1.69. The van der Waals surface area contributed by atoms with Crippen LogP contribution in [0.5, 0.6) is 0 Å². The molecule has 3 N–H and O–H groups in total. The van der Waals surface area contributed by atoms with Crippen LogP contribution in [0.25, 0.3) is 0 Å². The normalized spacial score (nSPS) is 18.6. The molecule has 5 heteroatoms. The van der Waals surface area contributed by atoms with Gasteiger partial charge in [0.15, 0.2) is 0 Å². The van der Waals surface area contributed by atoms with Gasteiger partial charge in [0.25, 0.3) is 0 Å². The van der Waals surface area contributed by atoms with Gasteiger partial charge in [-0.25, -0.2) is 0 Å². The molecule has 3 atom stereocenters. The van der Waals surface area contributed by atoms with Crippen molar-refractivity contribution in [3.8, 4) is 0 Å². The summed E-state index contributed by atoms with van der Waals surface area (Å²) in [6.45, 7) is 5.44. The molecule has 96 valence electrons. The first-order chi connectivity index (χ1) is 7.31. The molecule has 0 aliphatic heterocycles. The summed E-state index contributed by atoms with van der Waals surface area (Å²) < 4.78 is 4.62. The minimum Gasteiger partial charge on any atom is -0.468 e. The summed E-state index contributed by atoms with van der Waals surface area (Å²) in [5.74, 6) is 0.511. The van der Waals surface area contributed by atoms with E-state index in [9.17, 15) is 9.90 Å². The van der Waals surface area contributed by atoms with E-state index < -0.39 is 5.54 Å². The molecule has 0 bridgehead atoms. The number of hydrogen-bond acceptors (Lipinski definition) is 5. The monoisotopic (exact) mass is 249 g/mol. The molecule has 0 amide bonds. The molecule has 16 heavy (non-hydrogen) atoms. The maximum Gasteiger partial charge on any atom is 0.325 e. The third kappa shape index (κ3) is 5.72. The Balaban J connectivity index is 3.78. The van der Waals surface area contributed by atoms with E-state index in [2.05, 4.69) is 4.74 Å². The van der Waals surface area contributed by atoms with Gasteiger partial charge in [-0.3, -0.25) is 4.79 Å². The van der Waals surface area contributed by atoms with E-state index in [0.29, 0.717) is 6.42 Å². The number of thioether (sulfide) groups is 1. The first kappa shape index (κ1) is 15.7. The van der Waals surface area contributed by atoms with Crippen molar-refractivity contribution in [1.82, 2.24) is 0 Å². The van der Waals surface area contributed by atoms with E-state index >= 15 is 0 Å². The molecular formula is C11H23NO3S. The Bertz CT molecular complexity index is 219. The first-order valence-electron chi connectivity index (χ1n) is 5.48. The molecule has 0 aromatic rings. The first-order valence-corrected chi connectivity index (χ1v) is 6.53. The highest BCUT2D eigenvalue weighted by Gasteiger charge is 2.28. The van der Waals surface area contributed by atoms with Crippen molar-refractivity contribution in [3.63, 3.8) is 0 Å². The smallest absolute Gasteiger partial charge is 0.325 e. The highest BCUT2D eigenvalue weighted by atomic mass is 32.2. The lowest BCUT2D eigenvalue weighted by molar-refractivity contribution is -0.146. The summed E-state index contributed by atoms with van der Waals surface area (Å²) in [6.07, 6.45) is 1.12. The Morgan fingerprint density at radius 3 is 2.56 bits per heavy atom. The van der Waals surface area contributed by atoms with E-state index in [-0.39, 0.29) is 17.3 Å². The van der Waals surface area contributed by atoms with Gasteiger partial charge in [0, 0.05) is 5.25 Å². The van der Waals surface area contributed by atoms with Gasteiger partial charge in [-0.1, -0.05) is 6.92 Å². The van der Waals surface area contributed by atoms with Gasteiger partial charge in [-0.2, -0.15) is 11.8 Å². The molecule has 0 aliphatic rings. The van der Waals surface area contributed by atoms with Crippen LogP contribution < -0.4 is 5.73 Å². The highest BCUT2D eigenvalue weighted by molar-refractivity contribution is 7.99. The number of carbonyl (C=O) groups excluding carboxylic acids is 1. The van der Waals surface area contributed by atoms with Gasteiger partial charge in [-0.05, 0) is 32.4 Å². The summed E-state index contributed by atoms with van der Waals surface area (Å²) in [5, 5.41) is 9.50. The van der Waals surface area contributed by atoms with Crippen molar-refractivity contribution in [3.05, 3.63) is 0 Å². The molecule has 0 heterocycles. The topological polar surface area (TPSA) is 72.5 Å². The minimum absolute atomic E-state index is 0.210. The van der Waals surface area contributed by atoms with Crippen molar-refractivity contribution < 1.29 is 14.6 Å². The maximum atomic E-state index is 11.3. The average molecular weight is 249 g/mol. The molecule has 3 unspecified atom stereocenters. The standard InChI is InChI=1S/C11H23NO3S/c1-8(13)9(2)16-7-5-6-11(3,12)10(14)15-4/h8-9,13H,5-7,12H2,1-4H3. The molecule has 4 nitrogen and oxygen atoms in total. The van der Waals surface area contributed by atoms with E-state index in [1.54, 1.807) is 25.6 Å². The third-order valence-electron chi connectivity index (χ3n) is 2.55. The predicted molar refractivity (Wildman–Crippen MR) is 67.4 cm³/mol. The molecule has 0 aromatic carbocycles. The van der Waals surface area contributed by atoms with Crippen molar-refractivity contribution in [2.45, 2.75) is 50.5 Å². The zero-order valence-electron chi connectivity index (χ0n) is 10.5. The molecule has 0 saturated heterocycles. The Kier molecular flexibility index (Phi) is 7.03. The second kappa shape index (κ2) is 7.14. The fourth-order valence-corrected chi connectivity index (χ4v) is 2.14. The Hall–Kier alpha value is -0.260. The molecule has 0 aromatic heterocycles. The molecule has 0 fully saturated rings. The zero-order valence-corrected chi connectivity index (χ0v) is 11.3. The zero-order chi connectivity index (χ0) is 12.8. The van der Waals surface area contributed by atoms with Gasteiger partial charge >= 0.3 is 5.97 Å². The molecule has 0 aliphatic carbocycles. The van der Waals surface area contributed by atoms with Crippen LogP contribution >= 0.6 is 11.8 Å². The lowest BCUT2D eigenvalue weighted by Gasteiger charge is -2.21. The van der Waals surface area contributed by atoms with Crippen LogP contribution in [0.1, 0.15) is 33.6 Å². The quantitative estimate of drug-likeness (QED) is 0.523. The third-order valence-corrected chi connectivity index (χ3v) is 4.00. The number of hydrogen-bond donors (Lipinski definition) is 2. The Morgan fingerprint density at radius 1 is 1.56 bits per heavy atom. The van der Waals surface area contributed by atoms with Crippen LogP contribution in [-0.4, -0.2) is 40.8 Å². The number of aliphatic hydroxyl groups excluding tert-OH is 1. The number of carbonyl (C=O) groups is 1. The van der Waals surface area contributed by atoms with Gasteiger partial charge in [0.1, 0.15) is 5.54 Å². The molecule has 0 saturated carbocycles. The van der Waals surface area contributed by atoms with Crippen LogP contribution in [0.15, 0.2) is 0 Å². The van der Waals surface area contributed by atoms with E-state index in [1.807, 2.05) is 6.92 Å². The fourth-order valence-electron chi connectivity index (χ4n) is 1.18. The average Bonchev–Trinajstić information content (AvgIpc) is 2.22. The Morgan fingerprint density at radius 2 is 2.12 bits per heavy atom. The lowest BCUT2D eigenvalue weighted by atomic mass is 9.98. The fraction of sp³-hybridized carbons (Fsp3) is 0.909. The SMILES string of the molecule is COC(=O)C(C)(N)CCCSC(C)C(C)O. The van der Waals surface area contributed by atoms with Gasteiger partial charge in [0.2, 0.25) is 0 Å².